The first-order chi connectivity index (χ1) is 15.8. The Kier molecular flexibility index (Phi) is 6.66. The van der Waals surface area contributed by atoms with E-state index in [1.165, 1.54) is 24.2 Å². The van der Waals surface area contributed by atoms with Crippen molar-refractivity contribution in [2.45, 2.75) is 51.5 Å². The zero-order chi connectivity index (χ0) is 23.3. The molecule has 0 saturated heterocycles. The van der Waals surface area contributed by atoms with E-state index in [-0.39, 0.29) is 34.7 Å². The summed E-state index contributed by atoms with van der Waals surface area (Å²) in [6.45, 7) is 7.02. The number of nitrogens with zero attached hydrogens (tertiary/aromatic N) is 3. The Labute approximate surface area is 214 Å². The van der Waals surface area contributed by atoms with E-state index in [2.05, 4.69) is 37.9 Å². The van der Waals surface area contributed by atoms with Crippen LogP contribution in [0.4, 0.5) is 0 Å². The van der Waals surface area contributed by atoms with Gasteiger partial charge in [-0.15, -0.1) is 28.3 Å². The molecule has 1 aliphatic heterocycles. The molecular formula is C26H29BrN4O2S. The highest BCUT2D eigenvalue weighted by molar-refractivity contribution is 8.93. The number of pyridine rings is 1. The normalized spacial score (nSPS) is 15.2. The highest BCUT2D eigenvalue weighted by atomic mass is 79.9. The van der Waals surface area contributed by atoms with Gasteiger partial charge in [0, 0.05) is 46.4 Å². The Morgan fingerprint density at radius 2 is 2.03 bits per heavy atom. The van der Waals surface area contributed by atoms with Crippen LogP contribution < -0.4 is 4.74 Å². The van der Waals surface area contributed by atoms with Gasteiger partial charge in [-0.05, 0) is 36.5 Å². The maximum atomic E-state index is 13.5. The molecule has 34 heavy (non-hydrogen) atoms. The third-order valence-corrected chi connectivity index (χ3v) is 7.12. The lowest BCUT2D eigenvalue weighted by Crippen LogP contribution is -2.30. The van der Waals surface area contributed by atoms with Crippen LogP contribution in [0.2, 0.25) is 0 Å². The Morgan fingerprint density at radius 3 is 2.65 bits per heavy atom. The first-order valence-corrected chi connectivity index (χ1v) is 12.1. The average Bonchev–Trinajstić information content (AvgIpc) is 3.40. The van der Waals surface area contributed by atoms with Crippen LogP contribution in [0.15, 0.2) is 35.8 Å². The van der Waals surface area contributed by atoms with Gasteiger partial charge in [-0.2, -0.15) is 0 Å². The summed E-state index contributed by atoms with van der Waals surface area (Å²) in [5.74, 6) is 1.61. The quantitative estimate of drug-likeness (QED) is 0.388. The summed E-state index contributed by atoms with van der Waals surface area (Å²) < 4.78 is 5.79. The first-order valence-electron chi connectivity index (χ1n) is 11.3. The van der Waals surface area contributed by atoms with Crippen LogP contribution in [-0.4, -0.2) is 40.1 Å². The van der Waals surface area contributed by atoms with Crippen molar-refractivity contribution in [3.63, 3.8) is 0 Å². The number of methoxy groups -OCH3 is 1. The van der Waals surface area contributed by atoms with Gasteiger partial charge in [0.15, 0.2) is 5.78 Å². The molecule has 0 bridgehead atoms. The molecule has 8 heteroatoms. The van der Waals surface area contributed by atoms with Gasteiger partial charge in [0.1, 0.15) is 22.3 Å². The zero-order valence-electron chi connectivity index (χ0n) is 19.8. The molecule has 1 aliphatic carbocycles. The number of carbonyl (C=O) groups excluding carboxylic acids is 1. The summed E-state index contributed by atoms with van der Waals surface area (Å²) in [7, 11) is 1.66. The van der Waals surface area contributed by atoms with Gasteiger partial charge >= 0.3 is 0 Å². The van der Waals surface area contributed by atoms with Crippen molar-refractivity contribution in [1.82, 2.24) is 14.9 Å². The van der Waals surface area contributed by atoms with E-state index in [0.717, 1.165) is 38.8 Å². The van der Waals surface area contributed by atoms with E-state index in [9.17, 15) is 4.79 Å². The lowest BCUT2D eigenvalue weighted by Gasteiger charge is -2.25. The number of carbonyl (C=O) groups is 1. The Hall–Kier alpha value is -2.58. The number of Topliss-reactive ketones (excluding diaryl/α,β-unsaturated/α-hetero) is 1. The number of aromatic nitrogens is 2. The van der Waals surface area contributed by atoms with E-state index >= 15 is 0 Å². The third-order valence-electron chi connectivity index (χ3n) is 6.32. The number of ether oxygens (including phenoxy) is 1. The predicted octanol–water partition coefficient (Wildman–Crippen LogP) is 5.99. The molecule has 3 heterocycles. The summed E-state index contributed by atoms with van der Waals surface area (Å²) in [4.78, 5) is 24.5. The molecule has 1 aromatic carbocycles. The number of benzene rings is 1. The molecule has 1 saturated carbocycles. The fraction of sp³-hybridized carbons (Fsp3) is 0.385. The lowest BCUT2D eigenvalue weighted by molar-refractivity contribution is 0.0962. The van der Waals surface area contributed by atoms with Crippen molar-refractivity contribution in [3.05, 3.63) is 63.9 Å². The summed E-state index contributed by atoms with van der Waals surface area (Å²) >= 11 is 1.52. The van der Waals surface area contributed by atoms with E-state index in [0.29, 0.717) is 23.9 Å². The van der Waals surface area contributed by atoms with Gasteiger partial charge in [-0.3, -0.25) is 10.2 Å². The van der Waals surface area contributed by atoms with Crippen LogP contribution >= 0.6 is 28.3 Å². The number of thiazole rings is 1. The first kappa shape index (κ1) is 24.5. The second kappa shape index (κ2) is 9.23. The molecular weight excluding hydrogens is 512 g/mol. The Morgan fingerprint density at radius 1 is 1.26 bits per heavy atom. The monoisotopic (exact) mass is 540 g/mol. The molecule has 2 aromatic heterocycles. The molecule has 0 radical (unpaired) electrons. The van der Waals surface area contributed by atoms with Crippen LogP contribution in [0, 0.1) is 5.41 Å². The molecule has 0 atom stereocenters. The third kappa shape index (κ3) is 4.53. The molecule has 6 nitrogen and oxygen atoms in total. The minimum Gasteiger partial charge on any atom is -0.496 e. The number of halogens is 1. The fourth-order valence-corrected chi connectivity index (χ4v) is 5.01. The van der Waals surface area contributed by atoms with Crippen molar-refractivity contribution in [2.24, 2.45) is 0 Å². The molecule has 5 rings (SSSR count). The summed E-state index contributed by atoms with van der Waals surface area (Å²) in [6.07, 6.45) is 4.11. The van der Waals surface area contributed by atoms with Crippen molar-refractivity contribution >= 4 is 39.9 Å². The van der Waals surface area contributed by atoms with Crippen LogP contribution in [0.1, 0.15) is 72.4 Å². The van der Waals surface area contributed by atoms with Crippen LogP contribution in [-0.2, 0) is 12.0 Å². The standard InChI is InChI=1S/C26H28N4O2S.BrH/c1-26(2,3)19-12-17(11-18(23(19)32-4)25-28-9-10-33-25)21(31)14-30-13-16-7-8-20(15-5-6-15)29-22(16)24(30)27;/h7-12,15,27H,5-6,13-14H2,1-4H3;1H. The predicted molar refractivity (Wildman–Crippen MR) is 141 cm³/mol. The Balaban J connectivity index is 0.00000274. The van der Waals surface area contributed by atoms with Crippen LogP contribution in [0.25, 0.3) is 10.6 Å². The van der Waals surface area contributed by atoms with E-state index in [1.54, 1.807) is 13.3 Å². The highest BCUT2D eigenvalue weighted by Crippen LogP contribution is 2.42. The fourth-order valence-electron chi connectivity index (χ4n) is 4.36. The number of ketones is 1. The number of nitrogens with one attached hydrogen (secondary N) is 1. The zero-order valence-corrected chi connectivity index (χ0v) is 22.4. The number of rotatable bonds is 6. The van der Waals surface area contributed by atoms with Crippen molar-refractivity contribution < 1.29 is 9.53 Å². The minimum atomic E-state index is -0.215. The van der Waals surface area contributed by atoms with Crippen molar-refractivity contribution in [3.8, 4) is 16.3 Å². The number of fused-ring (bicyclic) bond motifs is 1. The van der Waals surface area contributed by atoms with E-state index in [4.69, 9.17) is 15.1 Å². The van der Waals surface area contributed by atoms with Crippen LogP contribution in [0.5, 0.6) is 5.75 Å². The maximum Gasteiger partial charge on any atom is 0.182 e. The van der Waals surface area contributed by atoms with Gasteiger partial charge in [-0.25, -0.2) is 9.97 Å². The number of hydrogen-bond donors (Lipinski definition) is 1. The topological polar surface area (TPSA) is 79.2 Å². The van der Waals surface area contributed by atoms with Crippen molar-refractivity contribution in [1.29, 1.82) is 5.41 Å². The number of amidine groups is 1. The van der Waals surface area contributed by atoms with Crippen LogP contribution in [0.3, 0.4) is 0 Å². The smallest absolute Gasteiger partial charge is 0.182 e. The molecule has 1 N–H and O–H groups in total. The maximum absolute atomic E-state index is 13.5. The molecule has 0 spiro atoms. The van der Waals surface area contributed by atoms with Gasteiger partial charge in [0.25, 0.3) is 0 Å². The van der Waals surface area contributed by atoms with Crippen molar-refractivity contribution in [2.75, 3.05) is 13.7 Å². The molecule has 0 unspecified atom stereocenters. The second-order valence-electron chi connectivity index (χ2n) is 9.84. The van der Waals surface area contributed by atoms with E-state index in [1.807, 2.05) is 22.4 Å². The largest absolute Gasteiger partial charge is 0.496 e. The SMILES string of the molecule is Br.COc1c(-c2nccs2)cc(C(=O)CN2Cc3ccc(C4CC4)nc3C2=N)cc1C(C)(C)C. The molecule has 3 aromatic rings. The number of hydrogen-bond acceptors (Lipinski definition) is 6. The summed E-state index contributed by atoms with van der Waals surface area (Å²) in [5.41, 5.74) is 5.01. The lowest BCUT2D eigenvalue weighted by atomic mass is 9.83. The highest BCUT2D eigenvalue weighted by Gasteiger charge is 2.32. The van der Waals surface area contributed by atoms with Gasteiger partial charge < -0.3 is 9.64 Å². The average molecular weight is 542 g/mol. The Bertz CT molecular complexity index is 1250. The van der Waals surface area contributed by atoms with E-state index < -0.39 is 0 Å². The molecule has 1 fully saturated rings. The molecule has 0 amide bonds. The summed E-state index contributed by atoms with van der Waals surface area (Å²) in [6, 6.07) is 7.97. The van der Waals surface area contributed by atoms with Gasteiger partial charge in [0.05, 0.1) is 19.2 Å². The molecule has 2 aliphatic rings. The van der Waals surface area contributed by atoms with Gasteiger partial charge in [0.2, 0.25) is 0 Å². The second-order valence-corrected chi connectivity index (χ2v) is 10.7. The summed E-state index contributed by atoms with van der Waals surface area (Å²) in [5, 5.41) is 11.4. The molecule has 178 valence electrons. The minimum absolute atomic E-state index is 0. The van der Waals surface area contributed by atoms with Gasteiger partial charge in [-0.1, -0.05) is 26.8 Å².